The van der Waals surface area contributed by atoms with E-state index in [9.17, 15) is 13.2 Å². The second-order valence-electron chi connectivity index (χ2n) is 8.75. The molecule has 3 heterocycles. The van der Waals surface area contributed by atoms with E-state index in [0.717, 1.165) is 29.3 Å². The minimum atomic E-state index is -4.63. The minimum absolute atomic E-state index is 0.00477. The molecule has 8 nitrogen and oxygen atoms in total. The van der Waals surface area contributed by atoms with E-state index in [2.05, 4.69) is 24.9 Å². The third-order valence-corrected chi connectivity index (χ3v) is 5.98. The molecule has 5 rings (SSSR count). The van der Waals surface area contributed by atoms with Crippen molar-refractivity contribution in [2.75, 3.05) is 7.11 Å². The number of aromatic nitrogens is 6. The molecule has 1 aromatic carbocycles. The minimum Gasteiger partial charge on any atom is -0.480 e. The third kappa shape index (κ3) is 4.95. The SMILES string of the molecule is COc1ncnc(C2CC2)c1-c1nccc(OCc2cc(C)c(-c3nc(C(F)(F)F)cn3C)c(F)c2)n1. The Balaban J connectivity index is 1.39. The fourth-order valence-electron chi connectivity index (χ4n) is 4.13. The quantitative estimate of drug-likeness (QED) is 0.311. The van der Waals surface area contributed by atoms with E-state index in [1.165, 1.54) is 32.7 Å². The molecule has 0 aliphatic heterocycles. The number of hydrogen-bond acceptors (Lipinski definition) is 7. The number of halogens is 4. The lowest BCUT2D eigenvalue weighted by molar-refractivity contribution is -0.140. The zero-order valence-electron chi connectivity index (χ0n) is 20.2. The lowest BCUT2D eigenvalue weighted by Gasteiger charge is -2.13. The molecular formula is C25H22F4N6O2. The van der Waals surface area contributed by atoms with Crippen molar-refractivity contribution < 1.29 is 27.0 Å². The molecule has 0 saturated heterocycles. The fourth-order valence-corrected chi connectivity index (χ4v) is 4.13. The Kier molecular flexibility index (Phi) is 6.26. The van der Waals surface area contributed by atoms with Crippen LogP contribution in [0.5, 0.6) is 11.8 Å². The smallest absolute Gasteiger partial charge is 0.434 e. The van der Waals surface area contributed by atoms with Crippen molar-refractivity contribution in [3.63, 3.8) is 0 Å². The van der Waals surface area contributed by atoms with Gasteiger partial charge in [0.25, 0.3) is 0 Å². The fraction of sp³-hybridized carbons (Fsp3) is 0.320. The molecule has 0 unspecified atom stereocenters. The maximum Gasteiger partial charge on any atom is 0.434 e. The highest BCUT2D eigenvalue weighted by Crippen LogP contribution is 2.45. The molecule has 1 aliphatic carbocycles. The zero-order valence-corrected chi connectivity index (χ0v) is 20.2. The van der Waals surface area contributed by atoms with Crippen LogP contribution in [0.2, 0.25) is 0 Å². The first-order valence-electron chi connectivity index (χ1n) is 11.4. The highest BCUT2D eigenvalue weighted by molar-refractivity contribution is 5.66. The highest BCUT2D eigenvalue weighted by Gasteiger charge is 2.35. The van der Waals surface area contributed by atoms with Gasteiger partial charge in [0, 0.05) is 31.4 Å². The molecule has 0 spiro atoms. The first-order valence-corrected chi connectivity index (χ1v) is 11.4. The molecule has 3 aromatic heterocycles. The van der Waals surface area contributed by atoms with Gasteiger partial charge in [0.2, 0.25) is 11.8 Å². The van der Waals surface area contributed by atoms with Gasteiger partial charge < -0.3 is 14.0 Å². The van der Waals surface area contributed by atoms with Crippen molar-refractivity contribution in [1.29, 1.82) is 0 Å². The van der Waals surface area contributed by atoms with E-state index >= 15 is 4.39 Å². The van der Waals surface area contributed by atoms with Gasteiger partial charge in [-0.05, 0) is 37.0 Å². The number of aryl methyl sites for hydroxylation is 2. The van der Waals surface area contributed by atoms with E-state index in [1.807, 2.05) is 0 Å². The van der Waals surface area contributed by atoms with Gasteiger partial charge in [-0.2, -0.15) is 18.2 Å². The molecule has 12 heteroatoms. The average molecular weight is 514 g/mol. The maximum absolute atomic E-state index is 15.1. The molecule has 37 heavy (non-hydrogen) atoms. The van der Waals surface area contributed by atoms with Gasteiger partial charge >= 0.3 is 6.18 Å². The van der Waals surface area contributed by atoms with Crippen molar-refractivity contribution in [2.45, 2.75) is 38.5 Å². The number of hydrogen-bond donors (Lipinski definition) is 0. The van der Waals surface area contributed by atoms with Gasteiger partial charge in [-0.15, -0.1) is 0 Å². The van der Waals surface area contributed by atoms with E-state index in [4.69, 9.17) is 9.47 Å². The highest BCUT2D eigenvalue weighted by atomic mass is 19.4. The second kappa shape index (κ2) is 9.41. The molecule has 1 aliphatic rings. The maximum atomic E-state index is 15.1. The van der Waals surface area contributed by atoms with Crippen molar-refractivity contribution in [3.05, 3.63) is 65.3 Å². The Morgan fingerprint density at radius 1 is 1.08 bits per heavy atom. The lowest BCUT2D eigenvalue weighted by atomic mass is 10.0. The van der Waals surface area contributed by atoms with E-state index in [1.54, 1.807) is 19.1 Å². The van der Waals surface area contributed by atoms with Crippen molar-refractivity contribution in [3.8, 4) is 34.5 Å². The molecular weight excluding hydrogens is 492 g/mol. The first kappa shape index (κ1) is 24.6. The first-order chi connectivity index (χ1) is 17.7. The summed E-state index contributed by atoms with van der Waals surface area (Å²) in [5.74, 6) is 0.453. The molecule has 0 amide bonds. The van der Waals surface area contributed by atoms with Crippen LogP contribution in [0.3, 0.4) is 0 Å². The summed E-state index contributed by atoms with van der Waals surface area (Å²) in [7, 11) is 2.90. The van der Waals surface area contributed by atoms with Gasteiger partial charge in [0.15, 0.2) is 11.5 Å². The van der Waals surface area contributed by atoms with Crippen LogP contribution in [0.15, 0.2) is 36.9 Å². The topological polar surface area (TPSA) is 87.8 Å². The van der Waals surface area contributed by atoms with Gasteiger partial charge in [-0.1, -0.05) is 6.07 Å². The van der Waals surface area contributed by atoms with Crippen LogP contribution < -0.4 is 9.47 Å². The van der Waals surface area contributed by atoms with E-state index in [-0.39, 0.29) is 23.9 Å². The summed E-state index contributed by atoms with van der Waals surface area (Å²) < 4.78 is 66.6. The summed E-state index contributed by atoms with van der Waals surface area (Å²) in [4.78, 5) is 21.0. The summed E-state index contributed by atoms with van der Waals surface area (Å²) in [6.07, 6.45) is 1.22. The number of imidazole rings is 1. The molecule has 4 aromatic rings. The monoisotopic (exact) mass is 514 g/mol. The molecule has 0 radical (unpaired) electrons. The summed E-state index contributed by atoms with van der Waals surface area (Å²) in [6.45, 7) is 1.58. The van der Waals surface area contributed by atoms with Crippen molar-refractivity contribution in [1.82, 2.24) is 29.5 Å². The van der Waals surface area contributed by atoms with Crippen LogP contribution in [0.1, 0.15) is 41.3 Å². The van der Waals surface area contributed by atoms with E-state index < -0.39 is 17.7 Å². The summed E-state index contributed by atoms with van der Waals surface area (Å²) in [5, 5.41) is 0. The van der Waals surface area contributed by atoms with Crippen molar-refractivity contribution >= 4 is 0 Å². The number of benzene rings is 1. The average Bonchev–Trinajstić information content (AvgIpc) is 3.63. The second-order valence-corrected chi connectivity index (χ2v) is 8.75. The number of ether oxygens (including phenoxy) is 2. The van der Waals surface area contributed by atoms with Gasteiger partial charge in [-0.25, -0.2) is 24.3 Å². The Morgan fingerprint density at radius 2 is 1.86 bits per heavy atom. The van der Waals surface area contributed by atoms with E-state index in [0.29, 0.717) is 34.3 Å². The number of methoxy groups -OCH3 is 1. The van der Waals surface area contributed by atoms with Gasteiger partial charge in [-0.3, -0.25) is 0 Å². The zero-order chi connectivity index (χ0) is 26.3. The van der Waals surface area contributed by atoms with Crippen LogP contribution >= 0.6 is 0 Å². The van der Waals surface area contributed by atoms with Crippen LogP contribution in [-0.2, 0) is 19.8 Å². The van der Waals surface area contributed by atoms with Gasteiger partial charge in [0.1, 0.15) is 30.1 Å². The summed E-state index contributed by atoms with van der Waals surface area (Å²) >= 11 is 0. The van der Waals surface area contributed by atoms with Crippen LogP contribution in [0.25, 0.3) is 22.8 Å². The standard InChI is InChI=1S/C25H22F4N6O2/c1-13-8-14(9-16(26)19(13)23-33-17(10-35(23)2)25(27,28)29)11-37-18-6-7-30-22(34-18)20-21(15-4-5-15)31-12-32-24(20)36-3/h6-10,12,15H,4-5,11H2,1-3H3. The normalized spacial score (nSPS) is 13.6. The van der Waals surface area contributed by atoms with Gasteiger partial charge in [0.05, 0.1) is 18.4 Å². The van der Waals surface area contributed by atoms with Crippen molar-refractivity contribution in [2.24, 2.45) is 7.05 Å². The van der Waals surface area contributed by atoms with Crippen LogP contribution in [-0.4, -0.2) is 36.6 Å². The molecule has 1 saturated carbocycles. The molecule has 0 bridgehead atoms. The third-order valence-electron chi connectivity index (χ3n) is 5.98. The Labute approximate surface area is 209 Å². The Morgan fingerprint density at radius 3 is 2.51 bits per heavy atom. The molecule has 0 N–H and O–H groups in total. The summed E-state index contributed by atoms with van der Waals surface area (Å²) in [5.41, 5.74) is 1.24. The predicted octanol–water partition coefficient (Wildman–Crippen LogP) is 5.27. The number of alkyl halides is 3. The number of rotatable bonds is 7. The Hall–Kier alpha value is -4.09. The molecule has 1 fully saturated rings. The lowest BCUT2D eigenvalue weighted by Crippen LogP contribution is -2.05. The van der Waals surface area contributed by atoms with Crippen LogP contribution in [0.4, 0.5) is 17.6 Å². The molecule has 0 atom stereocenters. The predicted molar refractivity (Wildman–Crippen MR) is 124 cm³/mol. The molecule has 192 valence electrons. The number of nitrogens with zero attached hydrogens (tertiary/aromatic N) is 6. The Bertz CT molecular complexity index is 1440. The largest absolute Gasteiger partial charge is 0.480 e. The summed E-state index contributed by atoms with van der Waals surface area (Å²) in [6, 6.07) is 4.42. The van der Waals surface area contributed by atoms with Crippen LogP contribution in [0, 0.1) is 12.7 Å².